The molecule has 3 nitrogen and oxygen atoms in total. The quantitative estimate of drug-likeness (QED) is 0.843. The summed E-state index contributed by atoms with van der Waals surface area (Å²) in [6.45, 7) is 6.71. The van der Waals surface area contributed by atoms with Crippen molar-refractivity contribution in [3.63, 3.8) is 0 Å². The maximum Gasteiger partial charge on any atom is 0.222 e. The average Bonchev–Trinajstić information content (AvgIpc) is 2.62. The minimum absolute atomic E-state index is 0.289. The van der Waals surface area contributed by atoms with E-state index in [-0.39, 0.29) is 5.91 Å². The molecule has 0 atom stereocenters. The van der Waals surface area contributed by atoms with Gasteiger partial charge in [0.1, 0.15) is 0 Å². The van der Waals surface area contributed by atoms with E-state index in [0.717, 1.165) is 39.1 Å². The summed E-state index contributed by atoms with van der Waals surface area (Å²) in [5.74, 6) is 0.289. The smallest absolute Gasteiger partial charge is 0.222 e. The summed E-state index contributed by atoms with van der Waals surface area (Å²) in [5.41, 5.74) is 3.91. The van der Waals surface area contributed by atoms with Crippen LogP contribution >= 0.6 is 0 Å². The minimum atomic E-state index is 0.289. The average molecular weight is 322 g/mol. The molecule has 1 fully saturated rings. The van der Waals surface area contributed by atoms with Crippen molar-refractivity contribution < 1.29 is 4.79 Å². The van der Waals surface area contributed by atoms with Gasteiger partial charge in [0.2, 0.25) is 5.91 Å². The van der Waals surface area contributed by atoms with Crippen molar-refractivity contribution in [1.29, 1.82) is 0 Å². The van der Waals surface area contributed by atoms with Gasteiger partial charge in [0.15, 0.2) is 0 Å². The van der Waals surface area contributed by atoms with Crippen LogP contribution in [0.3, 0.4) is 0 Å². The van der Waals surface area contributed by atoms with Crippen molar-refractivity contribution in [1.82, 2.24) is 9.80 Å². The lowest BCUT2D eigenvalue weighted by Gasteiger charge is -2.35. The topological polar surface area (TPSA) is 23.6 Å². The molecule has 24 heavy (non-hydrogen) atoms. The monoisotopic (exact) mass is 322 g/mol. The van der Waals surface area contributed by atoms with Gasteiger partial charge in [-0.2, -0.15) is 0 Å². The summed E-state index contributed by atoms with van der Waals surface area (Å²) in [5, 5.41) is 0. The van der Waals surface area contributed by atoms with Crippen LogP contribution < -0.4 is 0 Å². The number of aryl methyl sites for hydroxylation is 2. The van der Waals surface area contributed by atoms with Crippen LogP contribution in [-0.4, -0.2) is 41.9 Å². The summed E-state index contributed by atoms with van der Waals surface area (Å²) in [6, 6.07) is 18.9. The molecule has 1 amide bonds. The zero-order chi connectivity index (χ0) is 16.8. The Morgan fingerprint density at radius 2 is 1.58 bits per heavy atom. The molecule has 0 radical (unpaired) electrons. The fraction of sp³-hybridized carbons (Fsp3) is 0.381. The van der Waals surface area contributed by atoms with Crippen LogP contribution in [0.5, 0.6) is 0 Å². The second kappa shape index (κ2) is 8.11. The molecule has 0 saturated carbocycles. The molecule has 1 aliphatic heterocycles. The van der Waals surface area contributed by atoms with E-state index in [9.17, 15) is 4.79 Å². The third-order valence-electron chi connectivity index (χ3n) is 4.84. The predicted octanol–water partition coefficient (Wildman–Crippen LogP) is 3.27. The SMILES string of the molecule is Cc1ccccc1CCC(=O)N1CCN(Cc2ccccc2)CC1. The van der Waals surface area contributed by atoms with Crippen molar-refractivity contribution in [3.05, 3.63) is 71.3 Å². The first-order valence-corrected chi connectivity index (χ1v) is 8.81. The third kappa shape index (κ3) is 4.45. The van der Waals surface area contributed by atoms with Crippen LogP contribution in [0.25, 0.3) is 0 Å². The van der Waals surface area contributed by atoms with Gasteiger partial charge in [0.05, 0.1) is 0 Å². The molecule has 1 heterocycles. The van der Waals surface area contributed by atoms with E-state index in [4.69, 9.17) is 0 Å². The molecule has 1 aliphatic rings. The molecule has 1 saturated heterocycles. The molecule has 0 spiro atoms. The van der Waals surface area contributed by atoms with E-state index in [1.807, 2.05) is 11.0 Å². The van der Waals surface area contributed by atoms with Gasteiger partial charge in [-0.1, -0.05) is 54.6 Å². The Labute approximate surface area is 144 Å². The Morgan fingerprint density at radius 3 is 2.29 bits per heavy atom. The van der Waals surface area contributed by atoms with Crippen LogP contribution in [0.2, 0.25) is 0 Å². The lowest BCUT2D eigenvalue weighted by atomic mass is 10.0. The van der Waals surface area contributed by atoms with Crippen molar-refractivity contribution in [2.75, 3.05) is 26.2 Å². The van der Waals surface area contributed by atoms with Gasteiger partial charge >= 0.3 is 0 Å². The Kier molecular flexibility index (Phi) is 5.65. The Hall–Kier alpha value is -2.13. The van der Waals surface area contributed by atoms with Gasteiger partial charge in [0, 0.05) is 39.1 Å². The highest BCUT2D eigenvalue weighted by atomic mass is 16.2. The van der Waals surface area contributed by atoms with Crippen molar-refractivity contribution >= 4 is 5.91 Å². The van der Waals surface area contributed by atoms with E-state index < -0.39 is 0 Å². The van der Waals surface area contributed by atoms with Crippen LogP contribution in [0.1, 0.15) is 23.1 Å². The number of nitrogens with zero attached hydrogens (tertiary/aromatic N) is 2. The first kappa shape index (κ1) is 16.7. The molecule has 0 aliphatic carbocycles. The molecule has 0 unspecified atom stereocenters. The summed E-state index contributed by atoms with van der Waals surface area (Å²) >= 11 is 0. The molecular weight excluding hydrogens is 296 g/mol. The highest BCUT2D eigenvalue weighted by Crippen LogP contribution is 2.13. The van der Waals surface area contributed by atoms with E-state index >= 15 is 0 Å². The molecule has 0 N–H and O–H groups in total. The number of piperazine rings is 1. The van der Waals surface area contributed by atoms with Crippen LogP contribution in [0, 0.1) is 6.92 Å². The lowest BCUT2D eigenvalue weighted by molar-refractivity contribution is -0.133. The van der Waals surface area contributed by atoms with Crippen molar-refractivity contribution in [2.45, 2.75) is 26.3 Å². The Balaban J connectivity index is 1.44. The number of amides is 1. The molecular formula is C21H26N2O. The summed E-state index contributed by atoms with van der Waals surface area (Å²) in [7, 11) is 0. The van der Waals surface area contributed by atoms with Gasteiger partial charge in [-0.3, -0.25) is 9.69 Å². The normalized spacial score (nSPS) is 15.5. The number of rotatable bonds is 5. The summed E-state index contributed by atoms with van der Waals surface area (Å²) in [4.78, 5) is 16.9. The van der Waals surface area contributed by atoms with Crippen LogP contribution in [0.4, 0.5) is 0 Å². The number of benzene rings is 2. The second-order valence-corrected chi connectivity index (χ2v) is 6.57. The molecule has 2 aromatic rings. The minimum Gasteiger partial charge on any atom is -0.340 e. The fourth-order valence-electron chi connectivity index (χ4n) is 3.29. The maximum absolute atomic E-state index is 12.5. The Bertz CT molecular complexity index is 661. The number of carbonyl (C=O) groups is 1. The number of hydrogen-bond acceptors (Lipinski definition) is 2. The van der Waals surface area contributed by atoms with Gasteiger partial charge in [-0.15, -0.1) is 0 Å². The van der Waals surface area contributed by atoms with Crippen molar-refractivity contribution in [2.24, 2.45) is 0 Å². The van der Waals surface area contributed by atoms with Crippen LogP contribution in [0.15, 0.2) is 54.6 Å². The molecule has 0 aromatic heterocycles. The zero-order valence-corrected chi connectivity index (χ0v) is 14.4. The van der Waals surface area contributed by atoms with Gasteiger partial charge in [0.25, 0.3) is 0 Å². The summed E-state index contributed by atoms with van der Waals surface area (Å²) < 4.78 is 0. The maximum atomic E-state index is 12.5. The van der Waals surface area contributed by atoms with Crippen molar-refractivity contribution in [3.8, 4) is 0 Å². The largest absolute Gasteiger partial charge is 0.340 e. The third-order valence-corrected chi connectivity index (χ3v) is 4.84. The summed E-state index contributed by atoms with van der Waals surface area (Å²) in [6.07, 6.45) is 1.46. The molecule has 3 heteroatoms. The van der Waals surface area contributed by atoms with E-state index in [0.29, 0.717) is 6.42 Å². The van der Waals surface area contributed by atoms with Gasteiger partial charge in [-0.25, -0.2) is 0 Å². The molecule has 126 valence electrons. The highest BCUT2D eigenvalue weighted by molar-refractivity contribution is 5.76. The molecule has 3 rings (SSSR count). The first-order chi connectivity index (χ1) is 11.7. The van der Waals surface area contributed by atoms with Gasteiger partial charge in [-0.05, 0) is 30.0 Å². The lowest BCUT2D eigenvalue weighted by Crippen LogP contribution is -2.48. The predicted molar refractivity (Wildman–Crippen MR) is 97.8 cm³/mol. The fourth-order valence-corrected chi connectivity index (χ4v) is 3.29. The number of hydrogen-bond donors (Lipinski definition) is 0. The Morgan fingerprint density at radius 1 is 0.917 bits per heavy atom. The highest BCUT2D eigenvalue weighted by Gasteiger charge is 2.20. The molecule has 0 bridgehead atoms. The molecule has 2 aromatic carbocycles. The van der Waals surface area contributed by atoms with Crippen LogP contribution in [-0.2, 0) is 17.8 Å². The second-order valence-electron chi connectivity index (χ2n) is 6.57. The van der Waals surface area contributed by atoms with Gasteiger partial charge < -0.3 is 4.90 Å². The van der Waals surface area contributed by atoms with E-state index in [2.05, 4.69) is 60.4 Å². The first-order valence-electron chi connectivity index (χ1n) is 8.81. The zero-order valence-electron chi connectivity index (χ0n) is 14.4. The number of carbonyl (C=O) groups excluding carboxylic acids is 1. The standard InChI is InChI=1S/C21H26N2O/c1-18-7-5-6-10-20(18)11-12-21(24)23-15-13-22(14-16-23)17-19-8-3-2-4-9-19/h2-10H,11-17H2,1H3. The van der Waals surface area contributed by atoms with E-state index in [1.165, 1.54) is 16.7 Å². The van der Waals surface area contributed by atoms with E-state index in [1.54, 1.807) is 0 Å².